The molecule has 3 aromatic carbocycles. The highest BCUT2D eigenvalue weighted by Crippen LogP contribution is 2.40. The van der Waals surface area contributed by atoms with Gasteiger partial charge in [0.05, 0.1) is 12.2 Å². The molecule has 0 bridgehead atoms. The molecular formula is C28H32F5NOSi. The monoisotopic (exact) mass is 521 g/mol. The van der Waals surface area contributed by atoms with Crippen molar-refractivity contribution in [3.8, 4) is 0 Å². The quantitative estimate of drug-likeness (QED) is 0.272. The maximum Gasteiger partial charge on any atom is 0.416 e. The molecule has 2 N–H and O–H groups in total. The molecule has 0 heterocycles. The van der Waals surface area contributed by atoms with Crippen LogP contribution in [0.4, 0.5) is 22.0 Å². The Labute approximate surface area is 210 Å². The second kappa shape index (κ2) is 10.4. The van der Waals surface area contributed by atoms with Gasteiger partial charge >= 0.3 is 6.18 Å². The van der Waals surface area contributed by atoms with E-state index < -0.39 is 55.7 Å². The van der Waals surface area contributed by atoms with Gasteiger partial charge in [0.15, 0.2) is 0 Å². The lowest BCUT2D eigenvalue weighted by atomic mass is 9.92. The molecule has 8 heteroatoms. The van der Waals surface area contributed by atoms with Crippen LogP contribution in [0.15, 0.2) is 78.9 Å². The third-order valence-corrected chi connectivity index (χ3v) is 11.3. The van der Waals surface area contributed by atoms with Crippen LogP contribution in [0.2, 0.25) is 5.04 Å². The highest BCUT2D eigenvalue weighted by molar-refractivity contribution is 6.99. The largest absolute Gasteiger partial charge is 0.416 e. The van der Waals surface area contributed by atoms with Gasteiger partial charge in [0.1, 0.15) is 0 Å². The van der Waals surface area contributed by atoms with Crippen molar-refractivity contribution in [1.82, 2.24) is 0 Å². The van der Waals surface area contributed by atoms with E-state index in [1.54, 1.807) is 0 Å². The fraction of sp³-hybridized carbons (Fsp3) is 0.357. The van der Waals surface area contributed by atoms with Gasteiger partial charge in [-0.05, 0) is 39.5 Å². The fourth-order valence-electron chi connectivity index (χ4n) is 4.78. The standard InChI is InChI=1S/C28H32F5NOSi/c1-20(34)23-16-11-17-25(28(31,32)33)24(23)18-27(29,30)19-35-36(26(2,3)4,21-12-7-5-8-13-21)22-14-9-6-10-15-22/h5-17,20H,18-19,34H2,1-4H3/t20-/m1/s1. The highest BCUT2D eigenvalue weighted by Gasteiger charge is 2.52. The van der Waals surface area contributed by atoms with Crippen molar-refractivity contribution in [2.45, 2.75) is 57.3 Å². The van der Waals surface area contributed by atoms with Crippen LogP contribution in [-0.2, 0) is 17.0 Å². The van der Waals surface area contributed by atoms with E-state index in [1.807, 2.05) is 81.4 Å². The van der Waals surface area contributed by atoms with Crippen molar-refractivity contribution < 1.29 is 26.4 Å². The first kappa shape index (κ1) is 28.0. The summed E-state index contributed by atoms with van der Waals surface area (Å²) in [5, 5.41) is 1.07. The van der Waals surface area contributed by atoms with Gasteiger partial charge in [-0.1, -0.05) is 93.6 Å². The third kappa shape index (κ3) is 5.87. The van der Waals surface area contributed by atoms with Crippen LogP contribution < -0.4 is 16.1 Å². The maximum atomic E-state index is 15.6. The van der Waals surface area contributed by atoms with Gasteiger partial charge in [0.25, 0.3) is 14.2 Å². The van der Waals surface area contributed by atoms with E-state index in [0.717, 1.165) is 16.4 Å². The van der Waals surface area contributed by atoms with Gasteiger partial charge in [-0.25, -0.2) is 8.78 Å². The van der Waals surface area contributed by atoms with Gasteiger partial charge in [0.2, 0.25) is 0 Å². The number of halogens is 5. The molecule has 0 aliphatic carbocycles. The zero-order valence-corrected chi connectivity index (χ0v) is 21.9. The number of benzene rings is 3. The Morgan fingerprint density at radius 2 is 1.28 bits per heavy atom. The minimum absolute atomic E-state index is 0.0509. The second-order valence-corrected chi connectivity index (χ2v) is 14.5. The topological polar surface area (TPSA) is 35.2 Å². The molecule has 3 aromatic rings. The summed E-state index contributed by atoms with van der Waals surface area (Å²) in [6, 6.07) is 21.1. The summed E-state index contributed by atoms with van der Waals surface area (Å²) < 4.78 is 78.6. The van der Waals surface area contributed by atoms with Crippen molar-refractivity contribution in [3.05, 3.63) is 95.6 Å². The minimum atomic E-state index is -4.78. The molecule has 1 atom stereocenters. The summed E-state index contributed by atoms with van der Waals surface area (Å²) in [5.74, 6) is -3.57. The molecule has 0 aromatic heterocycles. The lowest BCUT2D eigenvalue weighted by molar-refractivity contribution is -0.139. The van der Waals surface area contributed by atoms with Crippen LogP contribution in [0.25, 0.3) is 0 Å². The Kier molecular flexibility index (Phi) is 8.12. The summed E-state index contributed by atoms with van der Waals surface area (Å²) in [4.78, 5) is 0. The number of nitrogens with two attached hydrogens (primary N) is 1. The van der Waals surface area contributed by atoms with E-state index in [1.165, 1.54) is 19.1 Å². The second-order valence-electron chi connectivity index (χ2n) is 10.1. The van der Waals surface area contributed by atoms with E-state index in [2.05, 4.69) is 0 Å². The predicted molar refractivity (Wildman–Crippen MR) is 136 cm³/mol. The zero-order chi connectivity index (χ0) is 26.8. The molecule has 36 heavy (non-hydrogen) atoms. The molecule has 194 valence electrons. The van der Waals surface area contributed by atoms with Crippen LogP contribution >= 0.6 is 0 Å². The molecule has 0 unspecified atom stereocenters. The summed E-state index contributed by atoms with van der Waals surface area (Å²) in [6.07, 6.45) is -5.91. The van der Waals surface area contributed by atoms with E-state index in [4.69, 9.17) is 10.2 Å². The first-order valence-corrected chi connectivity index (χ1v) is 13.7. The van der Waals surface area contributed by atoms with E-state index in [-0.39, 0.29) is 5.56 Å². The average Bonchev–Trinajstić information content (AvgIpc) is 2.79. The van der Waals surface area contributed by atoms with E-state index in [9.17, 15) is 13.2 Å². The van der Waals surface area contributed by atoms with Crippen molar-refractivity contribution in [2.75, 3.05) is 6.61 Å². The maximum absolute atomic E-state index is 15.6. The first-order chi connectivity index (χ1) is 16.7. The Balaban J connectivity index is 2.06. The Bertz CT molecular complexity index is 1100. The SMILES string of the molecule is C[C@@H](N)c1cccc(C(F)(F)F)c1CC(F)(F)CO[Si](c1ccccc1)(c1ccccc1)C(C)(C)C. The van der Waals surface area contributed by atoms with Crippen molar-refractivity contribution in [1.29, 1.82) is 0 Å². The molecule has 0 saturated heterocycles. The van der Waals surface area contributed by atoms with Crippen molar-refractivity contribution in [2.24, 2.45) is 5.73 Å². The zero-order valence-electron chi connectivity index (χ0n) is 20.9. The fourth-order valence-corrected chi connectivity index (χ4v) is 9.36. The molecular weight excluding hydrogens is 489 g/mol. The van der Waals surface area contributed by atoms with Crippen molar-refractivity contribution in [3.63, 3.8) is 0 Å². The number of alkyl halides is 5. The minimum Gasteiger partial charge on any atom is -0.401 e. The highest BCUT2D eigenvalue weighted by atomic mass is 28.4. The van der Waals surface area contributed by atoms with Crippen LogP contribution in [0.5, 0.6) is 0 Å². The molecule has 0 spiro atoms. The Morgan fingerprint density at radius 1 is 0.778 bits per heavy atom. The van der Waals surface area contributed by atoms with Gasteiger partial charge in [-0.2, -0.15) is 13.2 Å². The van der Waals surface area contributed by atoms with Crippen LogP contribution in [0.1, 0.15) is 50.4 Å². The molecule has 2 nitrogen and oxygen atoms in total. The summed E-state index contributed by atoms with van der Waals surface area (Å²) in [5.41, 5.74) is 4.33. The molecule has 3 rings (SSSR count). The summed E-state index contributed by atoms with van der Waals surface area (Å²) in [6.45, 7) is 6.31. The average molecular weight is 522 g/mol. The number of hydrogen-bond donors (Lipinski definition) is 1. The molecule has 0 saturated carbocycles. The lowest BCUT2D eigenvalue weighted by Gasteiger charge is -2.43. The number of hydrogen-bond acceptors (Lipinski definition) is 2. The molecule has 0 radical (unpaired) electrons. The molecule has 0 aliphatic heterocycles. The summed E-state index contributed by atoms with van der Waals surface area (Å²) in [7, 11) is -3.29. The van der Waals surface area contributed by atoms with Gasteiger partial charge < -0.3 is 10.2 Å². The predicted octanol–water partition coefficient (Wildman–Crippen LogP) is 6.48. The van der Waals surface area contributed by atoms with Gasteiger partial charge in [-0.15, -0.1) is 0 Å². The van der Waals surface area contributed by atoms with Crippen LogP contribution in [-0.4, -0.2) is 20.8 Å². The van der Waals surface area contributed by atoms with Gasteiger partial charge in [-0.3, -0.25) is 0 Å². The number of rotatable bonds is 8. The molecule has 0 fully saturated rings. The molecule has 0 aliphatic rings. The van der Waals surface area contributed by atoms with Crippen molar-refractivity contribution >= 4 is 18.7 Å². The third-order valence-electron chi connectivity index (χ3n) is 6.36. The van der Waals surface area contributed by atoms with E-state index in [0.29, 0.717) is 0 Å². The lowest BCUT2D eigenvalue weighted by Crippen LogP contribution is -2.67. The van der Waals surface area contributed by atoms with Gasteiger partial charge in [0, 0.05) is 12.5 Å². The smallest absolute Gasteiger partial charge is 0.401 e. The Morgan fingerprint density at radius 3 is 1.69 bits per heavy atom. The Hall–Kier alpha value is -2.55. The van der Waals surface area contributed by atoms with E-state index >= 15 is 8.78 Å². The summed E-state index contributed by atoms with van der Waals surface area (Å²) >= 11 is 0. The molecule has 0 amide bonds. The normalized spacial score (nSPS) is 14.1. The van der Waals surface area contributed by atoms with Crippen LogP contribution in [0, 0.1) is 0 Å². The first-order valence-electron chi connectivity index (χ1n) is 11.8. The van der Waals surface area contributed by atoms with Crippen LogP contribution in [0.3, 0.4) is 0 Å².